The number of pyridine rings is 2. The third kappa shape index (κ3) is 2.19. The predicted octanol–water partition coefficient (Wildman–Crippen LogP) is 3.67. The van der Waals surface area contributed by atoms with Gasteiger partial charge in [-0.05, 0) is 49.4 Å². The summed E-state index contributed by atoms with van der Waals surface area (Å²) in [5, 5.41) is 0. The minimum absolute atomic E-state index is 0.839. The van der Waals surface area contributed by atoms with Crippen molar-refractivity contribution in [3.05, 3.63) is 67.0 Å². The third-order valence-electron chi connectivity index (χ3n) is 4.31. The van der Waals surface area contributed by atoms with E-state index in [1.54, 1.807) is 18.7 Å². The second kappa shape index (κ2) is 5.24. The normalized spacial score (nSPS) is 11.4. The van der Waals surface area contributed by atoms with Crippen molar-refractivity contribution in [2.24, 2.45) is 0 Å². The fraction of sp³-hybridized carbons (Fsp3) is 0.0526. The Morgan fingerprint density at radius 1 is 0.920 bits per heavy atom. The van der Waals surface area contributed by atoms with Crippen molar-refractivity contribution in [1.29, 1.82) is 0 Å². The van der Waals surface area contributed by atoms with Crippen LogP contribution in [0.5, 0.6) is 0 Å². The molecule has 0 bridgehead atoms. The highest BCUT2D eigenvalue weighted by molar-refractivity contribution is 5.81. The van der Waals surface area contributed by atoms with Crippen molar-refractivity contribution in [2.75, 3.05) is 0 Å². The van der Waals surface area contributed by atoms with Crippen LogP contribution < -0.4 is 0 Å². The van der Waals surface area contributed by atoms with Crippen LogP contribution in [0.15, 0.2) is 61.2 Å². The molecule has 0 aliphatic carbocycles. The molecule has 4 heterocycles. The van der Waals surface area contributed by atoms with Crippen LogP contribution in [0.4, 0.5) is 0 Å². The lowest BCUT2D eigenvalue weighted by molar-refractivity contribution is 0.989. The molecule has 1 N–H and O–H groups in total. The van der Waals surface area contributed by atoms with Crippen LogP contribution in [-0.4, -0.2) is 29.5 Å². The summed E-state index contributed by atoms with van der Waals surface area (Å²) in [7, 11) is 0. The highest BCUT2D eigenvalue weighted by Crippen LogP contribution is 2.25. The number of aromatic nitrogens is 6. The largest absolute Gasteiger partial charge is 0.345 e. The van der Waals surface area contributed by atoms with E-state index >= 15 is 0 Å². The smallest absolute Gasteiger partial charge is 0.165 e. The quantitative estimate of drug-likeness (QED) is 0.537. The second-order valence-electron chi connectivity index (χ2n) is 5.87. The maximum absolute atomic E-state index is 4.86. The topological polar surface area (TPSA) is 72.3 Å². The molecule has 0 fully saturated rings. The highest BCUT2D eigenvalue weighted by Gasteiger charge is 2.13. The summed E-state index contributed by atoms with van der Waals surface area (Å²) in [6.07, 6.45) is 5.25. The molecule has 5 aromatic rings. The van der Waals surface area contributed by atoms with Gasteiger partial charge in [0.05, 0.1) is 28.7 Å². The number of nitrogens with zero attached hydrogens (tertiary/aromatic N) is 5. The van der Waals surface area contributed by atoms with Gasteiger partial charge < -0.3 is 4.98 Å². The summed E-state index contributed by atoms with van der Waals surface area (Å²) in [5.41, 5.74) is 6.59. The molecule has 4 aromatic heterocycles. The molecule has 0 aliphatic rings. The Morgan fingerprint density at radius 3 is 2.64 bits per heavy atom. The molecule has 6 heteroatoms. The first-order valence-corrected chi connectivity index (χ1v) is 7.99. The number of benzene rings is 1. The molecule has 1 aromatic carbocycles. The molecule has 0 saturated heterocycles. The van der Waals surface area contributed by atoms with Gasteiger partial charge in [-0.25, -0.2) is 15.0 Å². The maximum atomic E-state index is 4.86. The van der Waals surface area contributed by atoms with Crippen LogP contribution in [0.3, 0.4) is 0 Å². The average molecular weight is 326 g/mol. The lowest BCUT2D eigenvalue weighted by Gasteiger charge is -2.07. The molecule has 0 aliphatic heterocycles. The number of fused-ring (bicyclic) bond motifs is 2. The van der Waals surface area contributed by atoms with E-state index in [1.165, 1.54) is 0 Å². The van der Waals surface area contributed by atoms with Gasteiger partial charge >= 0.3 is 0 Å². The van der Waals surface area contributed by atoms with Gasteiger partial charge in [-0.2, -0.15) is 0 Å². The average Bonchev–Trinajstić information content (AvgIpc) is 3.24. The summed E-state index contributed by atoms with van der Waals surface area (Å²) in [5.74, 6) is 0.897. The van der Waals surface area contributed by atoms with Gasteiger partial charge in [0, 0.05) is 18.0 Å². The van der Waals surface area contributed by atoms with E-state index < -0.39 is 0 Å². The number of H-pyrrole nitrogens is 1. The van der Waals surface area contributed by atoms with Crippen molar-refractivity contribution < 1.29 is 0 Å². The van der Waals surface area contributed by atoms with Gasteiger partial charge in [0.1, 0.15) is 11.3 Å². The molecule has 0 radical (unpaired) electrons. The van der Waals surface area contributed by atoms with E-state index in [2.05, 4.69) is 30.6 Å². The highest BCUT2D eigenvalue weighted by atomic mass is 15.1. The van der Waals surface area contributed by atoms with Crippen molar-refractivity contribution in [3.63, 3.8) is 0 Å². The van der Waals surface area contributed by atoms with E-state index in [0.717, 1.165) is 45.0 Å². The zero-order valence-electron chi connectivity index (χ0n) is 13.5. The van der Waals surface area contributed by atoms with Crippen molar-refractivity contribution in [3.8, 4) is 16.9 Å². The molecular weight excluding hydrogens is 312 g/mol. The van der Waals surface area contributed by atoms with E-state index in [4.69, 9.17) is 4.98 Å². The first-order valence-electron chi connectivity index (χ1n) is 7.99. The van der Waals surface area contributed by atoms with E-state index in [-0.39, 0.29) is 0 Å². The Labute approximate surface area is 143 Å². The minimum Gasteiger partial charge on any atom is -0.345 e. The first kappa shape index (κ1) is 13.9. The Kier molecular flexibility index (Phi) is 2.90. The zero-order chi connectivity index (χ0) is 16.8. The van der Waals surface area contributed by atoms with Gasteiger partial charge in [0.25, 0.3) is 0 Å². The van der Waals surface area contributed by atoms with Gasteiger partial charge in [-0.3, -0.25) is 9.55 Å². The van der Waals surface area contributed by atoms with Crippen molar-refractivity contribution in [2.45, 2.75) is 6.92 Å². The zero-order valence-corrected chi connectivity index (χ0v) is 13.5. The molecular formula is C19H14N6. The molecule has 6 nitrogen and oxygen atoms in total. The SMILES string of the molecule is Cc1nc2ccc(-c3ccncc3)nc2n1-c1ccc2nc[nH]c2c1. The number of imidazole rings is 2. The van der Waals surface area contributed by atoms with Crippen LogP contribution in [0, 0.1) is 6.92 Å². The Bertz CT molecular complexity index is 1200. The van der Waals surface area contributed by atoms with Crippen molar-refractivity contribution in [1.82, 2.24) is 29.5 Å². The molecule has 120 valence electrons. The van der Waals surface area contributed by atoms with Crippen LogP contribution in [0.1, 0.15) is 5.82 Å². The monoisotopic (exact) mass is 326 g/mol. The van der Waals surface area contributed by atoms with Crippen LogP contribution in [0.2, 0.25) is 0 Å². The minimum atomic E-state index is 0.839. The van der Waals surface area contributed by atoms with Crippen LogP contribution in [-0.2, 0) is 0 Å². The molecule has 0 atom stereocenters. The maximum Gasteiger partial charge on any atom is 0.165 e. The number of aryl methyl sites for hydroxylation is 1. The van der Waals surface area contributed by atoms with Crippen molar-refractivity contribution >= 4 is 22.2 Å². The second-order valence-corrected chi connectivity index (χ2v) is 5.87. The lowest BCUT2D eigenvalue weighted by Crippen LogP contribution is -1.98. The van der Waals surface area contributed by atoms with Gasteiger partial charge in [0.2, 0.25) is 0 Å². The van der Waals surface area contributed by atoms with E-state index in [9.17, 15) is 0 Å². The molecule has 0 spiro atoms. The Morgan fingerprint density at radius 2 is 1.76 bits per heavy atom. The molecule has 25 heavy (non-hydrogen) atoms. The summed E-state index contributed by atoms with van der Waals surface area (Å²) < 4.78 is 2.07. The van der Waals surface area contributed by atoms with Gasteiger partial charge in [-0.15, -0.1) is 0 Å². The first-order chi connectivity index (χ1) is 12.3. The number of nitrogens with one attached hydrogen (secondary N) is 1. The lowest BCUT2D eigenvalue weighted by atomic mass is 10.2. The summed E-state index contributed by atoms with van der Waals surface area (Å²) in [6.45, 7) is 1.99. The third-order valence-corrected chi connectivity index (χ3v) is 4.31. The Balaban J connectivity index is 1.75. The standard InChI is InChI=1S/C19H14N6/c1-12-23-17-5-4-15(13-6-8-20-9-7-13)24-19(17)25(12)14-2-3-16-18(10-14)22-11-21-16/h2-11H,1H3,(H,21,22). The van der Waals surface area contributed by atoms with Gasteiger partial charge in [-0.1, -0.05) is 0 Å². The molecule has 0 amide bonds. The number of aromatic amines is 1. The van der Waals surface area contributed by atoms with E-state index in [0.29, 0.717) is 0 Å². The number of hydrogen-bond donors (Lipinski definition) is 1. The molecule has 5 rings (SSSR count). The van der Waals surface area contributed by atoms with Gasteiger partial charge in [0.15, 0.2) is 5.65 Å². The fourth-order valence-electron chi connectivity index (χ4n) is 3.13. The van der Waals surface area contributed by atoms with Crippen LogP contribution >= 0.6 is 0 Å². The Hall–Kier alpha value is -3.54. The van der Waals surface area contributed by atoms with Crippen LogP contribution in [0.25, 0.3) is 39.1 Å². The summed E-state index contributed by atoms with van der Waals surface area (Å²) in [4.78, 5) is 21.0. The number of hydrogen-bond acceptors (Lipinski definition) is 4. The number of rotatable bonds is 2. The predicted molar refractivity (Wildman–Crippen MR) is 96.5 cm³/mol. The summed E-state index contributed by atoms with van der Waals surface area (Å²) in [6, 6.07) is 14.0. The summed E-state index contributed by atoms with van der Waals surface area (Å²) >= 11 is 0. The molecule has 0 saturated carbocycles. The van der Waals surface area contributed by atoms with E-state index in [1.807, 2.05) is 43.3 Å². The molecule has 0 unspecified atom stereocenters. The fourth-order valence-corrected chi connectivity index (χ4v) is 3.13.